The smallest absolute Gasteiger partial charge is 0.238 e. The molecule has 2 N–H and O–H groups in total. The van der Waals surface area contributed by atoms with E-state index >= 15 is 0 Å². The Bertz CT molecular complexity index is 517. The maximum Gasteiger partial charge on any atom is 0.238 e. The fourth-order valence-electron chi connectivity index (χ4n) is 1.18. The van der Waals surface area contributed by atoms with Crippen molar-refractivity contribution in [3.63, 3.8) is 0 Å². The maximum atomic E-state index is 12.2. The summed E-state index contributed by atoms with van der Waals surface area (Å²) in [5.74, 6) is -0.339. The molecule has 17 heavy (non-hydrogen) atoms. The number of hydrogen-bond donors (Lipinski definition) is 1. The summed E-state index contributed by atoms with van der Waals surface area (Å²) in [6.45, 7) is 2.57. The van der Waals surface area contributed by atoms with Crippen LogP contribution < -0.4 is 10.5 Å². The lowest BCUT2D eigenvalue weighted by molar-refractivity contribution is -0.119. The molecule has 0 aliphatic heterocycles. The summed E-state index contributed by atoms with van der Waals surface area (Å²) >= 11 is 0. The Hall–Kier alpha value is -1.56. The van der Waals surface area contributed by atoms with Gasteiger partial charge in [0, 0.05) is 0 Å². The first-order chi connectivity index (χ1) is 7.73. The Morgan fingerprint density at radius 1 is 1.24 bits per heavy atom. The quantitative estimate of drug-likeness (QED) is 0.861. The summed E-state index contributed by atoms with van der Waals surface area (Å²) in [5.41, 5.74) is 5.11. The summed E-state index contributed by atoms with van der Waals surface area (Å²) in [4.78, 5) is 11.2. The van der Waals surface area contributed by atoms with Crippen LogP contribution >= 0.6 is 0 Å². The number of benzene rings is 1. The lowest BCUT2D eigenvalue weighted by atomic mass is 10.2. The van der Waals surface area contributed by atoms with Crippen LogP contribution in [0, 0.1) is 0 Å². The number of sulfone groups is 1. The van der Waals surface area contributed by atoms with E-state index in [1.165, 1.54) is 45.2 Å². The lowest BCUT2D eigenvalue weighted by Crippen LogP contribution is -2.45. The molecule has 1 aromatic rings. The minimum atomic E-state index is -3.79. The SMILES string of the molecule is COc1ccc(S(=O)(=O)C(C)(C)C(N)=O)cc1. The van der Waals surface area contributed by atoms with Gasteiger partial charge in [-0.05, 0) is 38.1 Å². The Labute approximate surface area is 100 Å². The second kappa shape index (κ2) is 4.37. The third kappa shape index (κ3) is 2.26. The van der Waals surface area contributed by atoms with Gasteiger partial charge in [-0.2, -0.15) is 0 Å². The average Bonchev–Trinajstić information content (AvgIpc) is 2.28. The van der Waals surface area contributed by atoms with Gasteiger partial charge in [-0.3, -0.25) is 4.79 Å². The predicted molar refractivity (Wildman–Crippen MR) is 63.5 cm³/mol. The van der Waals surface area contributed by atoms with E-state index in [0.29, 0.717) is 5.75 Å². The zero-order valence-electron chi connectivity index (χ0n) is 9.93. The van der Waals surface area contributed by atoms with Crippen LogP contribution in [0.15, 0.2) is 29.2 Å². The highest BCUT2D eigenvalue weighted by Crippen LogP contribution is 2.26. The molecule has 0 saturated carbocycles. The van der Waals surface area contributed by atoms with Crippen molar-refractivity contribution in [1.29, 1.82) is 0 Å². The lowest BCUT2D eigenvalue weighted by Gasteiger charge is -2.20. The van der Waals surface area contributed by atoms with Gasteiger partial charge in [0.15, 0.2) is 9.84 Å². The molecule has 1 aromatic carbocycles. The fraction of sp³-hybridized carbons (Fsp3) is 0.364. The number of primary amides is 1. The van der Waals surface area contributed by atoms with Gasteiger partial charge in [0.05, 0.1) is 12.0 Å². The van der Waals surface area contributed by atoms with Crippen molar-refractivity contribution >= 4 is 15.7 Å². The van der Waals surface area contributed by atoms with Gasteiger partial charge >= 0.3 is 0 Å². The molecule has 1 rings (SSSR count). The van der Waals surface area contributed by atoms with Crippen molar-refractivity contribution in [3.05, 3.63) is 24.3 Å². The first-order valence-electron chi connectivity index (χ1n) is 4.92. The van der Waals surface area contributed by atoms with Crippen molar-refractivity contribution in [3.8, 4) is 5.75 Å². The summed E-state index contributed by atoms with van der Waals surface area (Å²) < 4.78 is 27.6. The monoisotopic (exact) mass is 257 g/mol. The molecule has 94 valence electrons. The predicted octanol–water partition coefficient (Wildman–Crippen LogP) is 0.733. The molecule has 6 heteroatoms. The minimum Gasteiger partial charge on any atom is -0.497 e. The Balaban J connectivity index is 3.27. The number of nitrogens with two attached hydrogens (primary N) is 1. The van der Waals surface area contributed by atoms with Gasteiger partial charge in [0.2, 0.25) is 5.91 Å². The Morgan fingerprint density at radius 3 is 2.06 bits per heavy atom. The molecule has 1 amide bonds. The van der Waals surface area contributed by atoms with Gasteiger partial charge in [-0.1, -0.05) is 0 Å². The molecule has 0 aromatic heterocycles. The average molecular weight is 257 g/mol. The first kappa shape index (κ1) is 13.5. The molecule has 0 aliphatic rings. The molecular formula is C11H15NO4S. The zero-order valence-corrected chi connectivity index (χ0v) is 10.7. The second-order valence-electron chi connectivity index (χ2n) is 4.05. The van der Waals surface area contributed by atoms with Crippen molar-refractivity contribution in [2.45, 2.75) is 23.5 Å². The molecule has 0 unspecified atom stereocenters. The first-order valence-corrected chi connectivity index (χ1v) is 6.40. The third-order valence-electron chi connectivity index (χ3n) is 2.63. The number of carbonyl (C=O) groups is 1. The van der Waals surface area contributed by atoms with Gasteiger partial charge in [-0.25, -0.2) is 8.42 Å². The molecule has 0 bridgehead atoms. The van der Waals surface area contributed by atoms with Crippen LogP contribution in [0.25, 0.3) is 0 Å². The van der Waals surface area contributed by atoms with Crippen LogP contribution in [0.2, 0.25) is 0 Å². The van der Waals surface area contributed by atoms with Crippen LogP contribution in [0.4, 0.5) is 0 Å². The van der Waals surface area contributed by atoms with Gasteiger partial charge in [0.25, 0.3) is 0 Å². The molecule has 5 nitrogen and oxygen atoms in total. The van der Waals surface area contributed by atoms with Gasteiger partial charge in [-0.15, -0.1) is 0 Å². The van der Waals surface area contributed by atoms with Crippen LogP contribution in [0.1, 0.15) is 13.8 Å². The van der Waals surface area contributed by atoms with Crippen LogP contribution in [-0.2, 0) is 14.6 Å². The van der Waals surface area contributed by atoms with E-state index in [-0.39, 0.29) is 4.90 Å². The largest absolute Gasteiger partial charge is 0.497 e. The Kier molecular flexibility index (Phi) is 3.47. The molecule has 0 radical (unpaired) electrons. The number of rotatable bonds is 4. The zero-order chi connectivity index (χ0) is 13.3. The molecule has 0 aliphatic carbocycles. The van der Waals surface area contributed by atoms with E-state index in [2.05, 4.69) is 0 Å². The molecule has 0 saturated heterocycles. The molecular weight excluding hydrogens is 242 g/mol. The van der Waals surface area contributed by atoms with Crippen molar-refractivity contribution in [1.82, 2.24) is 0 Å². The molecule has 0 spiro atoms. The van der Waals surface area contributed by atoms with E-state index in [9.17, 15) is 13.2 Å². The highest BCUT2D eigenvalue weighted by atomic mass is 32.2. The number of hydrogen-bond acceptors (Lipinski definition) is 4. The maximum absolute atomic E-state index is 12.2. The van der Waals surface area contributed by atoms with E-state index in [4.69, 9.17) is 10.5 Å². The van der Waals surface area contributed by atoms with Crippen LogP contribution in [-0.4, -0.2) is 26.2 Å². The summed E-state index contributed by atoms with van der Waals surface area (Å²) in [6, 6.07) is 5.81. The fourth-order valence-corrected chi connectivity index (χ4v) is 2.53. The van der Waals surface area contributed by atoms with Crippen molar-refractivity contribution in [2.24, 2.45) is 5.73 Å². The number of amides is 1. The van der Waals surface area contributed by atoms with Gasteiger partial charge < -0.3 is 10.5 Å². The van der Waals surface area contributed by atoms with Crippen LogP contribution in [0.5, 0.6) is 5.75 Å². The molecule has 0 atom stereocenters. The molecule has 0 fully saturated rings. The topological polar surface area (TPSA) is 86.5 Å². The summed E-state index contributed by atoms with van der Waals surface area (Å²) in [5, 5.41) is 0. The van der Waals surface area contributed by atoms with Crippen LogP contribution in [0.3, 0.4) is 0 Å². The van der Waals surface area contributed by atoms with E-state index in [0.717, 1.165) is 0 Å². The van der Waals surface area contributed by atoms with Crippen molar-refractivity contribution < 1.29 is 17.9 Å². The van der Waals surface area contributed by atoms with E-state index in [1.54, 1.807) is 0 Å². The van der Waals surface area contributed by atoms with E-state index in [1.807, 2.05) is 0 Å². The highest BCUT2D eigenvalue weighted by Gasteiger charge is 2.41. The normalized spacial score (nSPS) is 12.2. The Morgan fingerprint density at radius 2 is 1.71 bits per heavy atom. The summed E-state index contributed by atoms with van der Waals surface area (Å²) in [7, 11) is -2.31. The second-order valence-corrected chi connectivity index (χ2v) is 6.55. The highest BCUT2D eigenvalue weighted by molar-refractivity contribution is 7.93. The number of ether oxygens (including phenoxy) is 1. The number of methoxy groups -OCH3 is 1. The number of carbonyl (C=O) groups excluding carboxylic acids is 1. The van der Waals surface area contributed by atoms with Crippen molar-refractivity contribution in [2.75, 3.05) is 7.11 Å². The molecule has 0 heterocycles. The third-order valence-corrected chi connectivity index (χ3v) is 5.07. The van der Waals surface area contributed by atoms with Gasteiger partial charge in [0.1, 0.15) is 10.5 Å². The standard InChI is InChI=1S/C11H15NO4S/c1-11(2,10(12)13)17(14,15)9-6-4-8(16-3)5-7-9/h4-7H,1-3H3,(H2,12,13). The summed E-state index contributed by atoms with van der Waals surface area (Å²) in [6.07, 6.45) is 0. The van der Waals surface area contributed by atoms with E-state index < -0.39 is 20.5 Å². The minimum absolute atomic E-state index is 0.0436.